The lowest BCUT2D eigenvalue weighted by molar-refractivity contribution is -0.175. The average Bonchev–Trinajstić information content (AvgIpc) is 2.68. The van der Waals surface area contributed by atoms with E-state index in [0.717, 1.165) is 11.1 Å². The van der Waals surface area contributed by atoms with Gasteiger partial charge in [-0.1, -0.05) is 62.8 Å². The van der Waals surface area contributed by atoms with Crippen LogP contribution in [0.1, 0.15) is 39.2 Å². The van der Waals surface area contributed by atoms with E-state index in [9.17, 15) is 22.8 Å². The monoisotopic (exact) mass is 424 g/mol. The Hall–Kier alpha value is -2.51. The maximum Gasteiger partial charge on any atom is 0.471 e. The summed E-state index contributed by atoms with van der Waals surface area (Å²) in [6.45, 7) is 6.64. The largest absolute Gasteiger partial charge is 0.471 e. The summed E-state index contributed by atoms with van der Waals surface area (Å²) in [7, 11) is 0. The third kappa shape index (κ3) is 4.47. The fraction of sp³-hybridized carbons (Fsp3) is 0.545. The van der Waals surface area contributed by atoms with Gasteiger partial charge in [-0.15, -0.1) is 0 Å². The molecule has 1 saturated carbocycles. The van der Waals surface area contributed by atoms with Crippen molar-refractivity contribution in [1.29, 1.82) is 0 Å². The number of amides is 2. The van der Waals surface area contributed by atoms with Gasteiger partial charge in [0.05, 0.1) is 0 Å². The van der Waals surface area contributed by atoms with Crippen LogP contribution in [0.15, 0.2) is 42.0 Å². The molecule has 0 bridgehead atoms. The maximum absolute atomic E-state index is 12.7. The Labute approximate surface area is 174 Å². The molecule has 1 N–H and O–H groups in total. The molecule has 2 aliphatic rings. The number of hydrogen-bond acceptors (Lipinski definition) is 3. The van der Waals surface area contributed by atoms with Crippen molar-refractivity contribution in [3.63, 3.8) is 0 Å². The zero-order valence-electron chi connectivity index (χ0n) is 17.4. The van der Waals surface area contributed by atoms with Gasteiger partial charge >= 0.3 is 18.2 Å². The number of carbonyl (C=O) groups excluding carboxylic acids is 2. The fourth-order valence-electron chi connectivity index (χ4n) is 4.73. The van der Waals surface area contributed by atoms with Gasteiger partial charge < -0.3 is 15.0 Å². The van der Waals surface area contributed by atoms with Crippen molar-refractivity contribution < 1.29 is 27.5 Å². The molecule has 0 spiro atoms. The molecule has 1 unspecified atom stereocenters. The van der Waals surface area contributed by atoms with Crippen LogP contribution < -0.4 is 5.32 Å². The summed E-state index contributed by atoms with van der Waals surface area (Å²) in [5.74, 6) is -1.91. The van der Waals surface area contributed by atoms with E-state index in [1.807, 2.05) is 57.2 Å². The number of carbonyl (C=O) groups is 2. The number of rotatable bonds is 3. The van der Waals surface area contributed by atoms with Crippen LogP contribution >= 0.6 is 0 Å². The number of nitrogens with zero attached hydrogens (tertiary/aromatic N) is 1. The average molecular weight is 424 g/mol. The van der Waals surface area contributed by atoms with Crippen molar-refractivity contribution in [1.82, 2.24) is 10.2 Å². The first-order valence-corrected chi connectivity index (χ1v) is 9.98. The molecule has 5 nitrogen and oxygen atoms in total. The highest BCUT2D eigenvalue weighted by molar-refractivity contribution is 5.82. The van der Waals surface area contributed by atoms with E-state index in [4.69, 9.17) is 4.74 Å². The van der Waals surface area contributed by atoms with Gasteiger partial charge in [0, 0.05) is 30.0 Å². The van der Waals surface area contributed by atoms with Gasteiger partial charge in [0.25, 0.3) is 0 Å². The molecule has 8 heteroatoms. The number of halogens is 3. The molecule has 2 atom stereocenters. The first kappa shape index (κ1) is 22.2. The predicted octanol–water partition coefficient (Wildman–Crippen LogP) is 4.44. The number of benzene rings is 1. The highest BCUT2D eigenvalue weighted by atomic mass is 19.4. The zero-order chi connectivity index (χ0) is 22.2. The molecular weight excluding hydrogens is 397 g/mol. The summed E-state index contributed by atoms with van der Waals surface area (Å²) < 4.78 is 43.6. The van der Waals surface area contributed by atoms with Gasteiger partial charge in [0.15, 0.2) is 0 Å². The number of alkyl halides is 3. The first-order valence-electron chi connectivity index (χ1n) is 9.98. The van der Waals surface area contributed by atoms with E-state index in [2.05, 4.69) is 5.32 Å². The highest BCUT2D eigenvalue weighted by Gasteiger charge is 2.51. The van der Waals surface area contributed by atoms with Crippen molar-refractivity contribution in [3.8, 4) is 0 Å². The number of fused-ring (bicyclic) bond motifs is 1. The molecular formula is C22H27F3N2O3. The van der Waals surface area contributed by atoms with Gasteiger partial charge in [0.2, 0.25) is 0 Å². The van der Waals surface area contributed by atoms with E-state index in [-0.39, 0.29) is 12.0 Å². The van der Waals surface area contributed by atoms with E-state index in [1.54, 1.807) is 4.90 Å². The molecule has 30 heavy (non-hydrogen) atoms. The van der Waals surface area contributed by atoms with Gasteiger partial charge in [-0.05, 0) is 18.4 Å². The van der Waals surface area contributed by atoms with Crippen LogP contribution in [0.25, 0.3) is 0 Å². The Kier molecular flexibility index (Phi) is 5.89. The zero-order valence-corrected chi connectivity index (χ0v) is 17.4. The van der Waals surface area contributed by atoms with Crippen LogP contribution in [0.5, 0.6) is 0 Å². The van der Waals surface area contributed by atoms with Gasteiger partial charge in [-0.2, -0.15) is 13.2 Å². The van der Waals surface area contributed by atoms with E-state index < -0.39 is 29.6 Å². The summed E-state index contributed by atoms with van der Waals surface area (Å²) in [5.41, 5.74) is 0.828. The number of ether oxygens (including phenoxy) is 1. The molecule has 1 aromatic carbocycles. The molecule has 2 amide bonds. The van der Waals surface area contributed by atoms with Crippen LogP contribution in [-0.4, -0.2) is 42.2 Å². The lowest BCUT2D eigenvalue weighted by atomic mass is 9.57. The van der Waals surface area contributed by atoms with Crippen molar-refractivity contribution in [2.24, 2.45) is 10.8 Å². The Morgan fingerprint density at radius 1 is 1.20 bits per heavy atom. The second kappa shape index (κ2) is 7.96. The minimum atomic E-state index is -4.91. The van der Waals surface area contributed by atoms with E-state index >= 15 is 0 Å². The summed E-state index contributed by atoms with van der Waals surface area (Å²) in [4.78, 5) is 25.7. The van der Waals surface area contributed by atoms with Crippen LogP contribution in [-0.2, 0) is 16.1 Å². The summed E-state index contributed by atoms with van der Waals surface area (Å²) in [5, 5.41) is 2.16. The summed E-state index contributed by atoms with van der Waals surface area (Å²) in [6, 6.07) is 8.76. The van der Waals surface area contributed by atoms with E-state index in [0.29, 0.717) is 25.9 Å². The first-order chi connectivity index (χ1) is 13.9. The summed E-state index contributed by atoms with van der Waals surface area (Å²) >= 11 is 0. The third-order valence-electron chi connectivity index (χ3n) is 6.28. The maximum atomic E-state index is 12.7. The summed E-state index contributed by atoms with van der Waals surface area (Å²) in [6.07, 6.45) is -2.46. The van der Waals surface area contributed by atoms with E-state index in [1.165, 1.54) is 0 Å². The lowest BCUT2D eigenvalue weighted by Gasteiger charge is -2.53. The van der Waals surface area contributed by atoms with Crippen LogP contribution in [0.3, 0.4) is 0 Å². The minimum Gasteiger partial charge on any atom is -0.445 e. The van der Waals surface area contributed by atoms with Crippen molar-refractivity contribution in [2.45, 2.75) is 52.4 Å². The predicted molar refractivity (Wildman–Crippen MR) is 105 cm³/mol. The van der Waals surface area contributed by atoms with Crippen LogP contribution in [0.2, 0.25) is 0 Å². The Morgan fingerprint density at radius 2 is 1.87 bits per heavy atom. The molecule has 1 fully saturated rings. The molecule has 1 aromatic rings. The van der Waals surface area contributed by atoms with Crippen molar-refractivity contribution in [2.75, 3.05) is 13.1 Å². The number of nitrogens with one attached hydrogen (secondary N) is 1. The molecule has 3 rings (SSSR count). The molecule has 164 valence electrons. The van der Waals surface area contributed by atoms with Gasteiger partial charge in [-0.25, -0.2) is 4.79 Å². The van der Waals surface area contributed by atoms with Crippen molar-refractivity contribution >= 4 is 12.0 Å². The second-order valence-electron chi connectivity index (χ2n) is 8.88. The Balaban J connectivity index is 1.69. The molecule has 1 aliphatic carbocycles. The standard InChI is InChI=1S/C22H27F3N2O3/c1-20(2)16-10-12-27(19(29)30-13-15-7-5-4-6-8-15)14-21(16,3)11-9-17(20)26-18(28)22(23,24)25/h4-8,10,17H,9,11-14H2,1-3H3,(H,26,28)/t17?,21-/m1/s1. The SMILES string of the molecule is CC1(C)C2=CCN(C(=O)OCc3ccccc3)C[C@@]2(C)CCC1NC(=O)C(F)(F)F. The molecule has 1 aliphatic heterocycles. The van der Waals surface area contributed by atoms with Gasteiger partial charge in [-0.3, -0.25) is 4.79 Å². The Morgan fingerprint density at radius 3 is 2.50 bits per heavy atom. The fourth-order valence-corrected chi connectivity index (χ4v) is 4.73. The topological polar surface area (TPSA) is 58.6 Å². The molecule has 0 saturated heterocycles. The normalized spacial score (nSPS) is 25.7. The molecule has 0 radical (unpaired) electrons. The Bertz CT molecular complexity index is 836. The van der Waals surface area contributed by atoms with Crippen LogP contribution in [0, 0.1) is 10.8 Å². The lowest BCUT2D eigenvalue weighted by Crippen LogP contribution is -2.58. The minimum absolute atomic E-state index is 0.181. The van der Waals surface area contributed by atoms with Gasteiger partial charge in [0.1, 0.15) is 6.61 Å². The smallest absolute Gasteiger partial charge is 0.445 e. The third-order valence-corrected chi connectivity index (χ3v) is 6.28. The van der Waals surface area contributed by atoms with Crippen LogP contribution in [0.4, 0.5) is 18.0 Å². The number of hydrogen-bond donors (Lipinski definition) is 1. The second-order valence-corrected chi connectivity index (χ2v) is 8.88. The highest BCUT2D eigenvalue weighted by Crippen LogP contribution is 2.52. The molecule has 1 heterocycles. The molecule has 0 aromatic heterocycles. The quantitative estimate of drug-likeness (QED) is 0.730. The van der Waals surface area contributed by atoms with Crippen molar-refractivity contribution in [3.05, 3.63) is 47.5 Å².